The molecule has 0 spiro atoms. The zero-order valence-corrected chi connectivity index (χ0v) is 20.3. The molecular formula is C20H16F5N6O4S2-. The molecule has 0 saturated carbocycles. The summed E-state index contributed by atoms with van der Waals surface area (Å²) in [6.45, 7) is 2.74. The summed E-state index contributed by atoms with van der Waals surface area (Å²) in [6.07, 6.45) is -6.65. The van der Waals surface area contributed by atoms with Gasteiger partial charge in [0, 0.05) is 5.56 Å². The van der Waals surface area contributed by atoms with Gasteiger partial charge in [-0.2, -0.15) is 18.3 Å². The van der Waals surface area contributed by atoms with Crippen LogP contribution in [0.15, 0.2) is 34.7 Å². The maximum absolute atomic E-state index is 13.3. The molecule has 37 heavy (non-hydrogen) atoms. The third kappa shape index (κ3) is 6.00. The van der Waals surface area contributed by atoms with Crippen LogP contribution in [-0.4, -0.2) is 39.1 Å². The standard InChI is InChI=1S/C16H10F5N3O2.C4H6N3O2S2/c1-7-4-8(2-3-10(7)16(19,20)21)11-5-12(13(17)18)24-14(23-11)9(6-22-24)15(25)26;1-2-3(11(6,8)9)10-4(5)7-2/h2-6,13H,1H3,(H,25,26);1H3,(H3-,5,6,7,8,9)/q;-1. The first kappa shape index (κ1) is 27.9. The van der Waals surface area contributed by atoms with Crippen molar-refractivity contribution in [3.05, 3.63) is 64.3 Å². The molecule has 0 saturated heterocycles. The van der Waals surface area contributed by atoms with Crippen molar-refractivity contribution in [2.45, 2.75) is 30.7 Å². The van der Waals surface area contributed by atoms with E-state index in [1.54, 1.807) is 0 Å². The topological polar surface area (TPSA) is 164 Å². The van der Waals surface area contributed by atoms with Crippen LogP contribution in [0.4, 0.5) is 27.1 Å². The summed E-state index contributed by atoms with van der Waals surface area (Å²) < 4.78 is 87.4. The van der Waals surface area contributed by atoms with Crippen molar-refractivity contribution in [3.63, 3.8) is 0 Å². The Morgan fingerprint density at radius 3 is 2.27 bits per heavy atom. The van der Waals surface area contributed by atoms with Gasteiger partial charge in [-0.25, -0.2) is 36.6 Å². The van der Waals surface area contributed by atoms with Gasteiger partial charge in [-0.05, 0) is 48.4 Å². The minimum absolute atomic E-state index is 0.0255. The number of thiazole rings is 1. The number of carboxylic acid groups (broad SMARTS) is 1. The molecule has 198 valence electrons. The van der Waals surface area contributed by atoms with E-state index in [0.29, 0.717) is 10.2 Å². The van der Waals surface area contributed by atoms with E-state index in [9.17, 15) is 35.2 Å². The number of primary sulfonamides is 1. The number of aryl methyl sites for hydroxylation is 2. The van der Waals surface area contributed by atoms with Gasteiger partial charge in [0.1, 0.15) is 15.5 Å². The number of carboxylic acids is 1. The van der Waals surface area contributed by atoms with Crippen LogP contribution in [0.25, 0.3) is 22.6 Å². The number of hydrogen-bond donors (Lipinski definition) is 2. The molecule has 17 heteroatoms. The number of aromatic nitrogens is 4. The van der Waals surface area contributed by atoms with E-state index < -0.39 is 45.4 Å². The Kier molecular flexibility index (Phi) is 7.52. The van der Waals surface area contributed by atoms with Crippen molar-refractivity contribution in [1.82, 2.24) is 19.6 Å². The molecule has 0 bridgehead atoms. The van der Waals surface area contributed by atoms with Gasteiger partial charge in [0.25, 0.3) is 6.43 Å². The highest BCUT2D eigenvalue weighted by molar-refractivity contribution is 7.91. The van der Waals surface area contributed by atoms with Gasteiger partial charge in [-0.3, -0.25) is 0 Å². The molecule has 0 amide bonds. The second-order valence-corrected chi connectivity index (χ2v) is 10.2. The van der Waals surface area contributed by atoms with Crippen LogP contribution in [0.3, 0.4) is 0 Å². The fourth-order valence-electron chi connectivity index (χ4n) is 3.23. The number of aromatic carboxylic acids is 1. The largest absolute Gasteiger partial charge is 0.477 e. The van der Waals surface area contributed by atoms with Crippen LogP contribution in [0.2, 0.25) is 0 Å². The lowest BCUT2D eigenvalue weighted by Gasteiger charge is -2.12. The van der Waals surface area contributed by atoms with Gasteiger partial charge >= 0.3 is 12.1 Å². The number of alkyl halides is 5. The maximum Gasteiger partial charge on any atom is 0.416 e. The Hall–Kier alpha value is -3.70. The smallest absolute Gasteiger partial charge is 0.416 e. The molecule has 4 aromatic rings. The third-order valence-electron chi connectivity index (χ3n) is 4.79. The van der Waals surface area contributed by atoms with Gasteiger partial charge in [-0.15, -0.1) is 11.3 Å². The number of halogens is 5. The Labute approximate surface area is 209 Å². The number of rotatable bonds is 4. The number of nitrogens with two attached hydrogens (primary N) is 1. The summed E-state index contributed by atoms with van der Waals surface area (Å²) in [7, 11) is -3.68. The van der Waals surface area contributed by atoms with Gasteiger partial charge in [-0.1, -0.05) is 6.07 Å². The first-order valence-electron chi connectivity index (χ1n) is 9.81. The zero-order chi connectivity index (χ0) is 27.9. The van der Waals surface area contributed by atoms with Gasteiger partial charge in [0.15, 0.2) is 5.65 Å². The molecule has 0 radical (unpaired) electrons. The van der Waals surface area contributed by atoms with Crippen LogP contribution in [0.1, 0.15) is 39.3 Å². The Balaban J connectivity index is 0.000000289. The van der Waals surface area contributed by atoms with Crippen LogP contribution in [0.5, 0.6) is 0 Å². The van der Waals surface area contributed by atoms with Crippen molar-refractivity contribution in [2.24, 2.45) is 5.14 Å². The van der Waals surface area contributed by atoms with E-state index in [1.165, 1.54) is 13.8 Å². The minimum atomic E-state index is -4.55. The van der Waals surface area contributed by atoms with Crippen molar-refractivity contribution in [2.75, 3.05) is 0 Å². The lowest BCUT2D eigenvalue weighted by molar-refractivity contribution is -0.138. The lowest BCUT2D eigenvalue weighted by atomic mass is 10.0. The van der Waals surface area contributed by atoms with E-state index in [4.69, 9.17) is 16.0 Å². The van der Waals surface area contributed by atoms with Crippen LogP contribution in [0, 0.1) is 13.8 Å². The number of hydrogen-bond acceptors (Lipinski definition) is 7. The fraction of sp³-hybridized carbons (Fsp3) is 0.200. The number of nitrogens with zero attached hydrogens (tertiary/aromatic N) is 4. The molecule has 0 fully saturated rings. The van der Waals surface area contributed by atoms with Gasteiger partial charge < -0.3 is 15.8 Å². The maximum atomic E-state index is 13.3. The monoisotopic (exact) mass is 563 g/mol. The third-order valence-corrected chi connectivity index (χ3v) is 7.32. The Morgan fingerprint density at radius 2 is 1.84 bits per heavy atom. The number of fused-ring (bicyclic) bond motifs is 1. The highest BCUT2D eigenvalue weighted by atomic mass is 32.2. The molecule has 0 aliphatic carbocycles. The molecule has 3 heterocycles. The van der Waals surface area contributed by atoms with Crippen molar-refractivity contribution in [3.8, 4) is 11.3 Å². The summed E-state index contributed by atoms with van der Waals surface area (Å²) in [6, 6.07) is 4.06. The van der Waals surface area contributed by atoms with Crippen molar-refractivity contribution < 1.29 is 40.3 Å². The van der Waals surface area contributed by atoms with Crippen molar-refractivity contribution in [1.29, 1.82) is 0 Å². The van der Waals surface area contributed by atoms with Crippen LogP contribution >= 0.6 is 11.3 Å². The van der Waals surface area contributed by atoms with Crippen LogP contribution < -0.4 is 5.14 Å². The molecule has 1 aromatic carbocycles. The second-order valence-electron chi connectivity index (χ2n) is 7.43. The number of benzene rings is 1. The van der Waals surface area contributed by atoms with E-state index in [2.05, 4.69) is 15.1 Å². The number of nitrogens with one attached hydrogen (secondary N) is 1. The Bertz CT molecular complexity index is 1600. The van der Waals surface area contributed by atoms with E-state index in [-0.39, 0.29) is 31.8 Å². The summed E-state index contributed by atoms with van der Waals surface area (Å²) >= 11 is 0.764. The molecule has 0 aliphatic heterocycles. The molecule has 0 unspecified atom stereocenters. The molecule has 4 N–H and O–H groups in total. The molecule has 0 atom stereocenters. The highest BCUT2D eigenvalue weighted by Gasteiger charge is 2.32. The molecule has 0 aliphatic rings. The summed E-state index contributed by atoms with van der Waals surface area (Å²) in [5.41, 5.74) is 5.10. The number of sulfonamides is 1. The van der Waals surface area contributed by atoms with Gasteiger partial charge in [0.2, 0.25) is 10.0 Å². The molecular weight excluding hydrogens is 547 g/mol. The normalized spacial score (nSPS) is 12.0. The predicted octanol–water partition coefficient (Wildman–Crippen LogP) is 5.14. The zero-order valence-electron chi connectivity index (χ0n) is 18.7. The SMILES string of the molecule is Cc1cc(-c2cc(C(F)F)n3ncc(C(=O)O)c3n2)ccc1C(F)(F)F.Cc1nc([NH-])sc1S(N)(=O)=O. The Morgan fingerprint density at radius 1 is 1.19 bits per heavy atom. The molecule has 10 nitrogen and oxygen atoms in total. The van der Waals surface area contributed by atoms with E-state index in [1.807, 2.05) is 0 Å². The summed E-state index contributed by atoms with van der Waals surface area (Å²) in [5, 5.41) is 17.5. The lowest BCUT2D eigenvalue weighted by Crippen LogP contribution is -2.11. The van der Waals surface area contributed by atoms with E-state index in [0.717, 1.165) is 41.8 Å². The van der Waals surface area contributed by atoms with Gasteiger partial charge in [0.05, 0.1) is 17.5 Å². The molecule has 3 aromatic heterocycles. The quantitative estimate of drug-likeness (QED) is 0.324. The number of carbonyl (C=O) groups is 1. The van der Waals surface area contributed by atoms with Crippen molar-refractivity contribution >= 4 is 38.1 Å². The van der Waals surface area contributed by atoms with E-state index >= 15 is 0 Å². The average molecular weight is 564 g/mol. The van der Waals surface area contributed by atoms with Crippen LogP contribution in [-0.2, 0) is 16.2 Å². The first-order chi connectivity index (χ1) is 17.0. The second kappa shape index (κ2) is 9.98. The highest BCUT2D eigenvalue weighted by Crippen LogP contribution is 2.34. The summed E-state index contributed by atoms with van der Waals surface area (Å²) in [4.78, 5) is 18.8. The minimum Gasteiger partial charge on any atom is -0.477 e. The molecule has 4 rings (SSSR count). The average Bonchev–Trinajstić information content (AvgIpc) is 3.34. The first-order valence-corrected chi connectivity index (χ1v) is 12.2. The fourth-order valence-corrected chi connectivity index (χ4v) is 4.94. The predicted molar refractivity (Wildman–Crippen MR) is 122 cm³/mol. The summed E-state index contributed by atoms with van der Waals surface area (Å²) in [5.74, 6) is -1.41.